The first-order valence-electron chi connectivity index (χ1n) is 10.3. The highest BCUT2D eigenvalue weighted by molar-refractivity contribution is 7.20. The summed E-state index contributed by atoms with van der Waals surface area (Å²) in [5.41, 5.74) is 7.77. The molecule has 1 saturated heterocycles. The highest BCUT2D eigenvalue weighted by Gasteiger charge is 2.26. The molecule has 2 aromatic heterocycles. The number of benzene rings is 1. The first-order valence-corrected chi connectivity index (χ1v) is 11.1. The van der Waals surface area contributed by atoms with E-state index in [1.165, 1.54) is 36.7 Å². The lowest BCUT2D eigenvalue weighted by molar-refractivity contribution is -0.141. The highest BCUT2D eigenvalue weighted by Crippen LogP contribution is 2.35. The molecule has 0 saturated carbocycles. The van der Waals surface area contributed by atoms with Crippen LogP contribution in [0, 0.1) is 18.7 Å². The molecule has 0 unspecified atom stereocenters. The lowest BCUT2D eigenvalue weighted by Gasteiger charge is -2.16. The Hall–Kier alpha value is -3.11. The normalized spacial score (nSPS) is 18.1. The molecule has 4 rings (SSSR count). The third-order valence-corrected chi connectivity index (χ3v) is 6.79. The Balaban J connectivity index is 1.57. The second-order valence-electron chi connectivity index (χ2n) is 7.96. The van der Waals surface area contributed by atoms with Gasteiger partial charge in [-0.2, -0.15) is 0 Å². The van der Waals surface area contributed by atoms with Gasteiger partial charge in [0.2, 0.25) is 0 Å². The molecule has 4 N–H and O–H groups in total. The van der Waals surface area contributed by atoms with E-state index in [0.717, 1.165) is 35.2 Å². The largest absolute Gasteiger partial charge is 0.464 e. The van der Waals surface area contributed by atoms with E-state index < -0.39 is 5.91 Å². The van der Waals surface area contributed by atoms with Crippen LogP contribution in [0.2, 0.25) is 0 Å². The highest BCUT2D eigenvalue weighted by atomic mass is 32.1. The third kappa shape index (κ3) is 4.71. The molecule has 8 nitrogen and oxygen atoms in total. The van der Waals surface area contributed by atoms with Crippen molar-refractivity contribution in [2.24, 2.45) is 11.7 Å². The van der Waals surface area contributed by atoms with E-state index in [1.54, 1.807) is 6.07 Å². The predicted molar refractivity (Wildman–Crippen MR) is 121 cm³/mol. The second-order valence-corrected chi connectivity index (χ2v) is 8.96. The Morgan fingerprint density at radius 3 is 2.94 bits per heavy atom. The van der Waals surface area contributed by atoms with Crippen LogP contribution in [0.15, 0.2) is 24.5 Å². The van der Waals surface area contributed by atoms with Crippen molar-refractivity contribution < 1.29 is 18.7 Å². The van der Waals surface area contributed by atoms with E-state index in [9.17, 15) is 14.0 Å². The molecule has 0 bridgehead atoms. The van der Waals surface area contributed by atoms with Crippen LogP contribution >= 0.6 is 11.3 Å². The van der Waals surface area contributed by atoms with Crippen molar-refractivity contribution in [1.82, 2.24) is 15.3 Å². The number of rotatable bonds is 7. The molecule has 1 amide bonds. The molecule has 3 aromatic rings. The number of amides is 1. The number of anilines is 2. The van der Waals surface area contributed by atoms with Crippen LogP contribution in [0.1, 0.15) is 34.1 Å². The van der Waals surface area contributed by atoms with Crippen molar-refractivity contribution in [3.8, 4) is 0 Å². The number of primary amides is 1. The van der Waals surface area contributed by atoms with Crippen LogP contribution in [0.5, 0.6) is 0 Å². The molecule has 168 valence electrons. The first-order chi connectivity index (χ1) is 15.3. The van der Waals surface area contributed by atoms with Gasteiger partial charge in [0.15, 0.2) is 0 Å². The molecular weight excluding hydrogens is 433 g/mol. The average Bonchev–Trinajstić information content (AvgIpc) is 3.33. The zero-order chi connectivity index (χ0) is 22.8. The van der Waals surface area contributed by atoms with Crippen molar-refractivity contribution in [3.63, 3.8) is 0 Å². The number of esters is 1. The molecule has 1 aromatic carbocycles. The van der Waals surface area contributed by atoms with Gasteiger partial charge in [0.05, 0.1) is 10.3 Å². The summed E-state index contributed by atoms with van der Waals surface area (Å²) in [6, 6.07) is 4.70. The molecule has 0 radical (unpaired) electrons. The molecule has 0 aliphatic carbocycles. The zero-order valence-electron chi connectivity index (χ0n) is 17.8. The molecule has 1 fully saturated rings. The van der Waals surface area contributed by atoms with E-state index in [2.05, 4.69) is 20.6 Å². The average molecular weight is 458 g/mol. The van der Waals surface area contributed by atoms with Gasteiger partial charge >= 0.3 is 5.97 Å². The maximum absolute atomic E-state index is 14.1. The fraction of sp³-hybridized carbons (Fsp3) is 0.364. The Morgan fingerprint density at radius 2 is 2.19 bits per heavy atom. The third-order valence-electron chi connectivity index (χ3n) is 5.58. The Kier molecular flexibility index (Phi) is 6.33. The fourth-order valence-electron chi connectivity index (χ4n) is 4.10. The van der Waals surface area contributed by atoms with Crippen LogP contribution < -0.4 is 16.4 Å². The van der Waals surface area contributed by atoms with Crippen molar-refractivity contribution in [3.05, 3.63) is 46.3 Å². The number of carbonyl (C=O) groups excluding carboxylic acids is 2. The van der Waals surface area contributed by atoms with Crippen LogP contribution in [0.3, 0.4) is 0 Å². The molecule has 0 spiro atoms. The lowest BCUT2D eigenvalue weighted by atomic mass is 9.95. The number of nitrogens with two attached hydrogens (primary N) is 1. The number of aryl methyl sites for hydroxylation is 1. The van der Waals surface area contributed by atoms with Gasteiger partial charge < -0.3 is 21.1 Å². The summed E-state index contributed by atoms with van der Waals surface area (Å²) in [5, 5.41) is 7.39. The summed E-state index contributed by atoms with van der Waals surface area (Å²) in [4.78, 5) is 32.5. The summed E-state index contributed by atoms with van der Waals surface area (Å²) >= 11 is 1.23. The topological polar surface area (TPSA) is 119 Å². The van der Waals surface area contributed by atoms with Gasteiger partial charge in [-0.05, 0) is 61.6 Å². The van der Waals surface area contributed by atoms with Crippen LogP contribution in [0.4, 0.5) is 15.9 Å². The number of nitrogens with one attached hydrogen (secondary N) is 2. The van der Waals surface area contributed by atoms with E-state index in [-0.39, 0.29) is 23.7 Å². The summed E-state index contributed by atoms with van der Waals surface area (Å²) in [7, 11) is 0. The Labute approximate surface area is 188 Å². The predicted octanol–water partition coefficient (Wildman–Crippen LogP) is 3.07. The maximum atomic E-state index is 14.1. The van der Waals surface area contributed by atoms with Gasteiger partial charge in [-0.25, -0.2) is 14.4 Å². The maximum Gasteiger partial charge on any atom is 0.302 e. The number of thiophene rings is 1. The standard InChI is InChI=1S/C22H24FN5O3S/c1-11-18-21(26-10-27-22(18)32-19(11)20(24)30)28-17-4-3-15(23)7-14(17)5-13-6-16(25-8-13)9-31-12(2)29/h3-4,7,10,13,16,25H,5-6,8-9H2,1-2H3,(H2,24,30)(H,26,27,28)/t13-,16-/m0/s1. The van der Waals surface area contributed by atoms with Gasteiger partial charge in [0.1, 0.15) is 29.4 Å². The second kappa shape index (κ2) is 9.17. The van der Waals surface area contributed by atoms with Crippen molar-refractivity contribution in [2.75, 3.05) is 18.5 Å². The van der Waals surface area contributed by atoms with Crippen molar-refractivity contribution in [2.45, 2.75) is 32.7 Å². The first kappa shape index (κ1) is 22.1. The molecule has 2 atom stereocenters. The van der Waals surface area contributed by atoms with E-state index >= 15 is 0 Å². The van der Waals surface area contributed by atoms with E-state index in [4.69, 9.17) is 10.5 Å². The summed E-state index contributed by atoms with van der Waals surface area (Å²) in [6.45, 7) is 4.29. The number of hydrogen-bond acceptors (Lipinski definition) is 8. The van der Waals surface area contributed by atoms with E-state index in [1.807, 2.05) is 6.92 Å². The minimum absolute atomic E-state index is 0.0936. The number of halogens is 1. The van der Waals surface area contributed by atoms with Gasteiger partial charge in [-0.15, -0.1) is 11.3 Å². The zero-order valence-corrected chi connectivity index (χ0v) is 18.6. The Bertz CT molecular complexity index is 1180. The lowest BCUT2D eigenvalue weighted by Crippen LogP contribution is -2.27. The fourth-order valence-corrected chi connectivity index (χ4v) is 5.10. The van der Waals surface area contributed by atoms with Gasteiger partial charge in [0, 0.05) is 18.7 Å². The molecule has 32 heavy (non-hydrogen) atoms. The molecule has 3 heterocycles. The summed E-state index contributed by atoms with van der Waals surface area (Å²) < 4.78 is 19.2. The van der Waals surface area contributed by atoms with Crippen molar-refractivity contribution >= 4 is 44.9 Å². The van der Waals surface area contributed by atoms with Crippen LogP contribution in [-0.2, 0) is 16.0 Å². The van der Waals surface area contributed by atoms with Crippen molar-refractivity contribution in [1.29, 1.82) is 0 Å². The van der Waals surface area contributed by atoms with Gasteiger partial charge in [0.25, 0.3) is 5.91 Å². The SMILES string of the molecule is CC(=O)OC[C@@H]1C[C@H](Cc2cc(F)ccc2Nc2ncnc3sc(C(N)=O)c(C)c23)CN1. The number of ether oxygens (including phenoxy) is 1. The molecular formula is C22H24FN5O3S. The molecule has 10 heteroatoms. The minimum Gasteiger partial charge on any atom is -0.464 e. The smallest absolute Gasteiger partial charge is 0.302 e. The summed E-state index contributed by atoms with van der Waals surface area (Å²) in [5.74, 6) is -0.306. The van der Waals surface area contributed by atoms with E-state index in [0.29, 0.717) is 28.6 Å². The number of fused-ring (bicyclic) bond motifs is 1. The van der Waals surface area contributed by atoms with Gasteiger partial charge in [-0.1, -0.05) is 0 Å². The molecule has 1 aliphatic rings. The van der Waals surface area contributed by atoms with Crippen LogP contribution in [-0.4, -0.2) is 41.0 Å². The monoisotopic (exact) mass is 457 g/mol. The minimum atomic E-state index is -0.504. The number of hydrogen-bond donors (Lipinski definition) is 3. The van der Waals surface area contributed by atoms with Crippen LogP contribution in [0.25, 0.3) is 10.2 Å². The summed E-state index contributed by atoms with van der Waals surface area (Å²) in [6.07, 6.45) is 2.90. The molecule has 1 aliphatic heterocycles. The number of aromatic nitrogens is 2. The quantitative estimate of drug-likeness (QED) is 0.467. The number of nitrogens with zero attached hydrogens (tertiary/aromatic N) is 2. The number of carbonyl (C=O) groups is 2. The van der Waals surface area contributed by atoms with Gasteiger partial charge in [-0.3, -0.25) is 9.59 Å². The Morgan fingerprint density at radius 1 is 1.38 bits per heavy atom.